The van der Waals surface area contributed by atoms with Crippen molar-refractivity contribution in [3.05, 3.63) is 36.0 Å². The molecule has 1 unspecified atom stereocenters. The third-order valence-electron chi connectivity index (χ3n) is 3.31. The number of allylic oxidation sites excluding steroid dienone is 2. The lowest BCUT2D eigenvalue weighted by Gasteiger charge is -2.37. The van der Waals surface area contributed by atoms with E-state index in [1.807, 2.05) is 20.8 Å². The Morgan fingerprint density at radius 1 is 1.50 bits per heavy atom. The fourth-order valence-electron chi connectivity index (χ4n) is 1.98. The van der Waals surface area contributed by atoms with Gasteiger partial charge in [-0.05, 0) is 50.7 Å². The Morgan fingerprint density at radius 3 is 2.50 bits per heavy atom. The van der Waals surface area contributed by atoms with Crippen LogP contribution in [0.25, 0.3) is 0 Å². The highest BCUT2D eigenvalue weighted by molar-refractivity contribution is 5.32. The first-order chi connectivity index (χ1) is 6.38. The van der Waals surface area contributed by atoms with Gasteiger partial charge in [-0.25, -0.2) is 0 Å². The minimum atomic E-state index is -0.804. The zero-order chi connectivity index (χ0) is 10.9. The molecule has 0 amide bonds. The SMILES string of the molecule is C=C(C)C1CC=C(C)[C@@](O)(C(=C)C)C1. The van der Waals surface area contributed by atoms with E-state index in [0.29, 0.717) is 5.92 Å². The van der Waals surface area contributed by atoms with Gasteiger partial charge in [0.1, 0.15) is 5.60 Å². The Bertz CT molecular complexity index is 298. The van der Waals surface area contributed by atoms with Gasteiger partial charge in [0.15, 0.2) is 0 Å². The predicted molar refractivity (Wildman–Crippen MR) is 61.1 cm³/mol. The van der Waals surface area contributed by atoms with Gasteiger partial charge in [0.05, 0.1) is 0 Å². The minimum absolute atomic E-state index is 0.389. The average molecular weight is 192 g/mol. The maximum atomic E-state index is 10.4. The fourth-order valence-corrected chi connectivity index (χ4v) is 1.98. The first-order valence-electron chi connectivity index (χ1n) is 5.09. The highest BCUT2D eigenvalue weighted by Gasteiger charge is 2.35. The van der Waals surface area contributed by atoms with Crippen LogP contribution in [0.15, 0.2) is 36.0 Å². The van der Waals surface area contributed by atoms with Crippen LogP contribution >= 0.6 is 0 Å². The second-order valence-corrected chi connectivity index (χ2v) is 4.51. The summed E-state index contributed by atoms with van der Waals surface area (Å²) < 4.78 is 0. The van der Waals surface area contributed by atoms with Crippen LogP contribution in [0, 0.1) is 5.92 Å². The quantitative estimate of drug-likeness (QED) is 0.666. The zero-order valence-corrected chi connectivity index (χ0v) is 9.43. The molecule has 0 radical (unpaired) electrons. The molecule has 1 nitrogen and oxygen atoms in total. The molecular formula is C13H20O. The lowest BCUT2D eigenvalue weighted by molar-refractivity contribution is 0.0858. The van der Waals surface area contributed by atoms with Gasteiger partial charge in [0.2, 0.25) is 0 Å². The summed E-state index contributed by atoms with van der Waals surface area (Å²) in [4.78, 5) is 0. The molecule has 0 spiro atoms. The van der Waals surface area contributed by atoms with Crippen LogP contribution in [0.4, 0.5) is 0 Å². The van der Waals surface area contributed by atoms with E-state index < -0.39 is 5.60 Å². The standard InChI is InChI=1S/C13H20O/c1-9(2)12-7-6-11(5)13(14,8-12)10(3)4/h6,12,14H,1,3,7-8H2,2,4-5H3/t12?,13-/m0/s1. The van der Waals surface area contributed by atoms with Crippen LogP contribution < -0.4 is 0 Å². The molecule has 2 atom stereocenters. The third-order valence-corrected chi connectivity index (χ3v) is 3.31. The molecule has 1 heteroatoms. The number of rotatable bonds is 2. The summed E-state index contributed by atoms with van der Waals surface area (Å²) in [5.74, 6) is 0.389. The summed E-state index contributed by atoms with van der Waals surface area (Å²) in [5, 5.41) is 10.4. The van der Waals surface area contributed by atoms with Crippen LogP contribution in [-0.2, 0) is 0 Å². The maximum Gasteiger partial charge on any atom is 0.106 e. The summed E-state index contributed by atoms with van der Waals surface area (Å²) in [7, 11) is 0. The van der Waals surface area contributed by atoms with E-state index in [4.69, 9.17) is 0 Å². The number of hydrogen-bond donors (Lipinski definition) is 1. The van der Waals surface area contributed by atoms with Crippen molar-refractivity contribution >= 4 is 0 Å². The lowest BCUT2D eigenvalue weighted by atomic mass is 9.73. The van der Waals surface area contributed by atoms with E-state index in [1.165, 1.54) is 0 Å². The monoisotopic (exact) mass is 192 g/mol. The summed E-state index contributed by atoms with van der Waals surface area (Å²) >= 11 is 0. The zero-order valence-electron chi connectivity index (χ0n) is 9.43. The molecule has 1 aliphatic carbocycles. The summed E-state index contributed by atoms with van der Waals surface area (Å²) in [5.41, 5.74) is 2.20. The highest BCUT2D eigenvalue weighted by Crippen LogP contribution is 2.39. The number of hydrogen-bond acceptors (Lipinski definition) is 1. The topological polar surface area (TPSA) is 20.2 Å². The fraction of sp³-hybridized carbons (Fsp3) is 0.538. The molecule has 1 aliphatic rings. The molecule has 1 rings (SSSR count). The Balaban J connectivity index is 2.98. The molecular weight excluding hydrogens is 172 g/mol. The van der Waals surface area contributed by atoms with Gasteiger partial charge in [-0.15, -0.1) is 0 Å². The highest BCUT2D eigenvalue weighted by atomic mass is 16.3. The molecule has 0 heterocycles. The van der Waals surface area contributed by atoms with E-state index in [9.17, 15) is 5.11 Å². The normalized spacial score (nSPS) is 32.3. The van der Waals surface area contributed by atoms with Crippen molar-refractivity contribution in [3.63, 3.8) is 0 Å². The van der Waals surface area contributed by atoms with Crippen LogP contribution in [0.1, 0.15) is 33.6 Å². The van der Waals surface area contributed by atoms with Gasteiger partial charge in [-0.2, -0.15) is 0 Å². The van der Waals surface area contributed by atoms with Gasteiger partial charge >= 0.3 is 0 Å². The Hall–Kier alpha value is -0.820. The Kier molecular flexibility index (Phi) is 3.01. The molecule has 14 heavy (non-hydrogen) atoms. The van der Waals surface area contributed by atoms with Crippen LogP contribution in [-0.4, -0.2) is 10.7 Å². The van der Waals surface area contributed by atoms with E-state index >= 15 is 0 Å². The van der Waals surface area contributed by atoms with Crippen LogP contribution in [0.5, 0.6) is 0 Å². The molecule has 0 fully saturated rings. The van der Waals surface area contributed by atoms with E-state index in [-0.39, 0.29) is 0 Å². The molecule has 1 N–H and O–H groups in total. The molecule has 78 valence electrons. The summed E-state index contributed by atoms with van der Waals surface area (Å²) in [6.07, 6.45) is 3.84. The van der Waals surface area contributed by atoms with Crippen molar-refractivity contribution in [2.75, 3.05) is 0 Å². The van der Waals surface area contributed by atoms with Crippen molar-refractivity contribution < 1.29 is 5.11 Å². The average Bonchev–Trinajstić information content (AvgIpc) is 2.09. The van der Waals surface area contributed by atoms with E-state index in [2.05, 4.69) is 19.2 Å². The van der Waals surface area contributed by atoms with Crippen molar-refractivity contribution in [1.82, 2.24) is 0 Å². The van der Waals surface area contributed by atoms with Crippen molar-refractivity contribution in [1.29, 1.82) is 0 Å². The second kappa shape index (κ2) is 3.74. The summed E-state index contributed by atoms with van der Waals surface area (Å²) in [6.45, 7) is 13.7. The first kappa shape index (κ1) is 11.3. The maximum absolute atomic E-state index is 10.4. The van der Waals surface area contributed by atoms with Crippen molar-refractivity contribution in [2.45, 2.75) is 39.2 Å². The van der Waals surface area contributed by atoms with Gasteiger partial charge in [-0.3, -0.25) is 0 Å². The predicted octanol–water partition coefficient (Wildman–Crippen LogP) is 3.23. The third kappa shape index (κ3) is 1.83. The molecule has 0 saturated heterocycles. The van der Waals surface area contributed by atoms with Gasteiger partial charge in [-0.1, -0.05) is 24.8 Å². The largest absolute Gasteiger partial charge is 0.381 e. The molecule has 0 saturated carbocycles. The number of aliphatic hydroxyl groups is 1. The molecule has 0 aromatic carbocycles. The van der Waals surface area contributed by atoms with Gasteiger partial charge in [0, 0.05) is 0 Å². The second-order valence-electron chi connectivity index (χ2n) is 4.51. The molecule has 0 bridgehead atoms. The van der Waals surface area contributed by atoms with Crippen LogP contribution in [0.3, 0.4) is 0 Å². The molecule has 0 aromatic rings. The lowest BCUT2D eigenvalue weighted by Crippen LogP contribution is -2.36. The summed E-state index contributed by atoms with van der Waals surface area (Å²) in [6, 6.07) is 0. The minimum Gasteiger partial charge on any atom is -0.381 e. The van der Waals surface area contributed by atoms with Crippen LogP contribution in [0.2, 0.25) is 0 Å². The van der Waals surface area contributed by atoms with Gasteiger partial charge < -0.3 is 5.11 Å². The smallest absolute Gasteiger partial charge is 0.106 e. The van der Waals surface area contributed by atoms with E-state index in [1.54, 1.807) is 0 Å². The van der Waals surface area contributed by atoms with Crippen molar-refractivity contribution in [2.24, 2.45) is 5.92 Å². The van der Waals surface area contributed by atoms with Crippen molar-refractivity contribution in [3.8, 4) is 0 Å². The first-order valence-corrected chi connectivity index (χ1v) is 5.09. The molecule has 0 aliphatic heterocycles. The molecule has 0 aromatic heterocycles. The Labute approximate surface area is 86.8 Å². The Morgan fingerprint density at radius 2 is 2.07 bits per heavy atom. The van der Waals surface area contributed by atoms with Gasteiger partial charge in [0.25, 0.3) is 0 Å². The van der Waals surface area contributed by atoms with E-state index in [0.717, 1.165) is 29.6 Å².